The molecule has 2 heterocycles. The second-order valence-electron chi connectivity index (χ2n) is 2.61. The minimum atomic E-state index is -0.606. The summed E-state index contributed by atoms with van der Waals surface area (Å²) in [6.45, 7) is 1.39. The van der Waals surface area contributed by atoms with E-state index >= 15 is 0 Å². The number of hydrogen-bond donors (Lipinski definition) is 1. The van der Waals surface area contributed by atoms with E-state index < -0.39 is 5.91 Å². The van der Waals surface area contributed by atoms with E-state index in [-0.39, 0.29) is 11.9 Å². The lowest BCUT2D eigenvalue weighted by molar-refractivity contribution is 0.0990. The molecule has 6 heteroatoms. The maximum absolute atomic E-state index is 10.6. The van der Waals surface area contributed by atoms with Crippen LogP contribution in [0.3, 0.4) is 0 Å². The Morgan fingerprint density at radius 1 is 1.92 bits per heavy atom. The van der Waals surface area contributed by atoms with Gasteiger partial charge in [-0.1, -0.05) is 0 Å². The summed E-state index contributed by atoms with van der Waals surface area (Å²) in [5.74, 6) is -0.555. The smallest absolute Gasteiger partial charge is 0.288 e. The molecule has 1 aromatic heterocycles. The van der Waals surface area contributed by atoms with Crippen molar-refractivity contribution in [2.45, 2.75) is 12.6 Å². The fourth-order valence-electron chi connectivity index (χ4n) is 0.878. The summed E-state index contributed by atoms with van der Waals surface area (Å²) >= 11 is 0. The van der Waals surface area contributed by atoms with Gasteiger partial charge in [-0.25, -0.2) is 9.67 Å². The molecular weight excluding hydrogens is 160 g/mol. The fraction of sp³-hybridized carbons (Fsp3) is 0.500. The van der Waals surface area contributed by atoms with Gasteiger partial charge < -0.3 is 10.5 Å². The fourth-order valence-corrected chi connectivity index (χ4v) is 0.878. The van der Waals surface area contributed by atoms with Crippen LogP contribution in [0.15, 0.2) is 6.33 Å². The largest absolute Gasteiger partial charge is 0.371 e. The Morgan fingerprint density at radius 2 is 2.67 bits per heavy atom. The molecule has 1 unspecified atom stereocenters. The number of carbonyl (C=O) groups is 1. The third-order valence-electron chi connectivity index (χ3n) is 1.55. The van der Waals surface area contributed by atoms with Crippen LogP contribution in [-0.4, -0.2) is 33.4 Å². The number of nitrogens with zero attached hydrogens (tertiary/aromatic N) is 3. The molecule has 1 aliphatic heterocycles. The van der Waals surface area contributed by atoms with Crippen molar-refractivity contribution >= 4 is 5.91 Å². The molecule has 1 aromatic rings. The molecule has 0 radical (unpaired) electrons. The van der Waals surface area contributed by atoms with Gasteiger partial charge in [0.15, 0.2) is 0 Å². The van der Waals surface area contributed by atoms with Crippen LogP contribution in [0.5, 0.6) is 0 Å². The molecule has 1 amide bonds. The molecule has 1 fully saturated rings. The van der Waals surface area contributed by atoms with Gasteiger partial charge in [0.05, 0.1) is 13.2 Å². The molecule has 1 aliphatic rings. The molecule has 12 heavy (non-hydrogen) atoms. The second kappa shape index (κ2) is 2.56. The summed E-state index contributed by atoms with van der Waals surface area (Å²) in [4.78, 5) is 14.3. The number of amides is 1. The zero-order chi connectivity index (χ0) is 8.55. The van der Waals surface area contributed by atoms with Crippen LogP contribution in [0, 0.1) is 0 Å². The van der Waals surface area contributed by atoms with E-state index in [1.54, 1.807) is 4.68 Å². The molecule has 64 valence electrons. The first-order valence-corrected chi connectivity index (χ1v) is 3.56. The zero-order valence-electron chi connectivity index (χ0n) is 6.30. The van der Waals surface area contributed by atoms with Crippen molar-refractivity contribution in [1.29, 1.82) is 0 Å². The van der Waals surface area contributed by atoms with E-state index in [4.69, 9.17) is 10.5 Å². The normalized spacial score (nSPS) is 20.8. The van der Waals surface area contributed by atoms with E-state index in [1.165, 1.54) is 6.33 Å². The van der Waals surface area contributed by atoms with E-state index in [0.29, 0.717) is 6.54 Å². The van der Waals surface area contributed by atoms with E-state index in [0.717, 1.165) is 6.61 Å². The predicted molar refractivity (Wildman–Crippen MR) is 38.3 cm³/mol. The minimum absolute atomic E-state index is 0.0515. The van der Waals surface area contributed by atoms with Crippen molar-refractivity contribution in [3.8, 4) is 0 Å². The quantitative estimate of drug-likeness (QED) is 0.573. The molecule has 2 rings (SSSR count). The molecule has 0 saturated carbocycles. The standard InChI is InChI=1S/C6H8N4O2/c7-5(11)6-8-3-10(9-6)1-4-2-12-4/h3-4H,1-2H2,(H2,7,11). The maximum Gasteiger partial charge on any atom is 0.288 e. The highest BCUT2D eigenvalue weighted by Gasteiger charge is 2.23. The minimum Gasteiger partial charge on any atom is -0.371 e. The second-order valence-corrected chi connectivity index (χ2v) is 2.61. The summed E-state index contributed by atoms with van der Waals surface area (Å²) in [7, 11) is 0. The van der Waals surface area contributed by atoms with Gasteiger partial charge in [0, 0.05) is 0 Å². The van der Waals surface area contributed by atoms with Crippen molar-refractivity contribution in [2.75, 3.05) is 6.61 Å². The highest BCUT2D eigenvalue weighted by Crippen LogP contribution is 2.10. The summed E-state index contributed by atoms with van der Waals surface area (Å²) in [6, 6.07) is 0. The number of aromatic nitrogens is 3. The molecule has 0 bridgehead atoms. The molecule has 6 nitrogen and oxygen atoms in total. The highest BCUT2D eigenvalue weighted by atomic mass is 16.6. The lowest BCUT2D eigenvalue weighted by atomic mass is 10.5. The SMILES string of the molecule is NC(=O)c1ncn(CC2CO2)n1. The number of epoxide rings is 1. The summed E-state index contributed by atoms with van der Waals surface area (Å²) < 4.78 is 6.53. The third-order valence-corrected chi connectivity index (χ3v) is 1.55. The Labute approximate surface area is 68.3 Å². The van der Waals surface area contributed by atoms with Crippen LogP contribution in [0.2, 0.25) is 0 Å². The van der Waals surface area contributed by atoms with Crippen molar-refractivity contribution in [3.63, 3.8) is 0 Å². The molecule has 0 aliphatic carbocycles. The predicted octanol–water partition coefficient (Wildman–Crippen LogP) is -1.22. The monoisotopic (exact) mass is 168 g/mol. The Balaban J connectivity index is 2.06. The number of rotatable bonds is 3. The highest BCUT2D eigenvalue weighted by molar-refractivity contribution is 5.88. The molecule has 1 saturated heterocycles. The number of primary amides is 1. The van der Waals surface area contributed by atoms with Gasteiger partial charge in [-0.05, 0) is 0 Å². The number of hydrogen-bond acceptors (Lipinski definition) is 4. The van der Waals surface area contributed by atoms with Crippen molar-refractivity contribution in [2.24, 2.45) is 5.73 Å². The Kier molecular flexibility index (Phi) is 1.54. The Morgan fingerprint density at radius 3 is 3.17 bits per heavy atom. The van der Waals surface area contributed by atoms with Crippen LogP contribution in [-0.2, 0) is 11.3 Å². The number of carbonyl (C=O) groups excluding carboxylic acids is 1. The van der Waals surface area contributed by atoms with E-state index in [1.807, 2.05) is 0 Å². The van der Waals surface area contributed by atoms with Crippen LogP contribution in [0.1, 0.15) is 10.6 Å². The summed E-state index contributed by atoms with van der Waals surface area (Å²) in [5.41, 5.74) is 4.97. The van der Waals surface area contributed by atoms with E-state index in [2.05, 4.69) is 10.1 Å². The molecule has 2 N–H and O–H groups in total. The first-order valence-electron chi connectivity index (χ1n) is 3.56. The van der Waals surface area contributed by atoms with Crippen LogP contribution in [0.25, 0.3) is 0 Å². The third kappa shape index (κ3) is 1.42. The number of nitrogens with two attached hydrogens (primary N) is 1. The van der Waals surface area contributed by atoms with Gasteiger partial charge in [0.1, 0.15) is 12.4 Å². The first-order chi connectivity index (χ1) is 5.75. The zero-order valence-corrected chi connectivity index (χ0v) is 6.30. The molecule has 1 atom stereocenters. The van der Waals surface area contributed by atoms with Crippen LogP contribution in [0.4, 0.5) is 0 Å². The van der Waals surface area contributed by atoms with Crippen LogP contribution >= 0.6 is 0 Å². The van der Waals surface area contributed by atoms with Crippen LogP contribution < -0.4 is 5.73 Å². The van der Waals surface area contributed by atoms with Gasteiger partial charge in [-0.2, -0.15) is 0 Å². The van der Waals surface area contributed by atoms with E-state index in [9.17, 15) is 4.79 Å². The first kappa shape index (κ1) is 7.23. The topological polar surface area (TPSA) is 86.3 Å². The average molecular weight is 168 g/mol. The van der Waals surface area contributed by atoms with Gasteiger partial charge in [0.25, 0.3) is 5.91 Å². The Bertz CT molecular complexity index is 304. The van der Waals surface area contributed by atoms with Gasteiger partial charge in [-0.3, -0.25) is 4.79 Å². The Hall–Kier alpha value is -1.43. The van der Waals surface area contributed by atoms with Crippen molar-refractivity contribution < 1.29 is 9.53 Å². The van der Waals surface area contributed by atoms with Gasteiger partial charge in [0.2, 0.25) is 5.82 Å². The van der Waals surface area contributed by atoms with Crippen molar-refractivity contribution in [3.05, 3.63) is 12.2 Å². The number of ether oxygens (including phenoxy) is 1. The molecular formula is C6H8N4O2. The average Bonchev–Trinajstić information content (AvgIpc) is 2.66. The van der Waals surface area contributed by atoms with Crippen molar-refractivity contribution in [1.82, 2.24) is 14.8 Å². The summed E-state index contributed by atoms with van der Waals surface area (Å²) in [6.07, 6.45) is 1.70. The molecule has 0 aromatic carbocycles. The maximum atomic E-state index is 10.6. The molecule has 0 spiro atoms. The summed E-state index contributed by atoms with van der Waals surface area (Å²) in [5, 5.41) is 3.84. The lowest BCUT2D eigenvalue weighted by Gasteiger charge is -1.92. The lowest BCUT2D eigenvalue weighted by Crippen LogP contribution is -2.14. The van der Waals surface area contributed by atoms with Gasteiger partial charge in [-0.15, -0.1) is 5.10 Å². The van der Waals surface area contributed by atoms with Gasteiger partial charge >= 0.3 is 0 Å².